The highest BCUT2D eigenvalue weighted by Gasteiger charge is 2.19. The smallest absolute Gasteiger partial charge is 0.258 e. The molecule has 196 valence electrons. The summed E-state index contributed by atoms with van der Waals surface area (Å²) in [6, 6.07) is 19.9. The normalized spacial score (nSPS) is 13.2. The van der Waals surface area contributed by atoms with Gasteiger partial charge < -0.3 is 14.4 Å². The van der Waals surface area contributed by atoms with Crippen molar-refractivity contribution >= 4 is 17.4 Å². The molecule has 0 aliphatic carbocycles. The Morgan fingerprint density at radius 3 is 2.34 bits per heavy atom. The number of aromatic nitrogens is 1. The van der Waals surface area contributed by atoms with Gasteiger partial charge in [0.2, 0.25) is 5.91 Å². The van der Waals surface area contributed by atoms with E-state index in [4.69, 9.17) is 9.47 Å². The summed E-state index contributed by atoms with van der Waals surface area (Å²) < 4.78 is 14.9. The van der Waals surface area contributed by atoms with Crippen LogP contribution in [0.3, 0.4) is 0 Å². The predicted octanol–water partition coefficient (Wildman–Crippen LogP) is 6.28. The van der Waals surface area contributed by atoms with Gasteiger partial charge in [-0.05, 0) is 103 Å². The van der Waals surface area contributed by atoms with E-state index >= 15 is 0 Å². The Hall–Kier alpha value is -3.84. The number of aryl methyl sites for hydroxylation is 2. The molecule has 1 N–H and O–H groups in total. The van der Waals surface area contributed by atoms with Crippen LogP contribution < -0.4 is 15.0 Å². The number of benzene rings is 3. The van der Waals surface area contributed by atoms with Crippen molar-refractivity contribution in [3.8, 4) is 33.1 Å². The van der Waals surface area contributed by atoms with E-state index in [1.54, 1.807) is 6.07 Å². The number of nitrogens with one attached hydrogen (secondary N) is 1. The number of hydrogen-bond acceptors (Lipinski definition) is 5. The quantitative estimate of drug-likeness (QED) is 0.278. The van der Waals surface area contributed by atoms with Crippen molar-refractivity contribution in [2.45, 2.75) is 40.2 Å². The first-order valence-corrected chi connectivity index (χ1v) is 13.7. The predicted molar refractivity (Wildman–Crippen MR) is 152 cm³/mol. The molecule has 1 aliphatic rings. The largest absolute Gasteiger partial charge is 0.492 e. The first-order chi connectivity index (χ1) is 18.4. The highest BCUT2D eigenvalue weighted by Crippen LogP contribution is 2.34. The molecule has 2 heterocycles. The number of H-pyrrole nitrogens is 1. The molecule has 38 heavy (non-hydrogen) atoms. The third-order valence-corrected chi connectivity index (χ3v) is 7.96. The lowest BCUT2D eigenvalue weighted by Crippen LogP contribution is -2.29. The average molecular weight is 529 g/mol. The molecule has 3 aromatic carbocycles. The van der Waals surface area contributed by atoms with E-state index in [2.05, 4.69) is 55.5 Å². The highest BCUT2D eigenvalue weighted by molar-refractivity contribution is 7.09. The molecule has 5 rings (SSSR count). The molecule has 0 saturated carbocycles. The van der Waals surface area contributed by atoms with Crippen LogP contribution >= 0.6 is 11.5 Å². The zero-order chi connectivity index (χ0) is 26.6. The number of ether oxygens (including phenoxy) is 2. The van der Waals surface area contributed by atoms with Gasteiger partial charge in [-0.25, -0.2) is 0 Å². The van der Waals surface area contributed by atoms with Crippen molar-refractivity contribution in [1.29, 1.82) is 0 Å². The molecule has 1 aliphatic heterocycles. The van der Waals surface area contributed by atoms with Crippen LogP contribution in [-0.2, 0) is 11.4 Å². The van der Waals surface area contributed by atoms with Crippen LogP contribution in [0.1, 0.15) is 35.1 Å². The maximum atomic E-state index is 11.8. The van der Waals surface area contributed by atoms with E-state index in [0.717, 1.165) is 51.6 Å². The van der Waals surface area contributed by atoms with E-state index in [0.29, 0.717) is 26.2 Å². The molecule has 0 spiro atoms. The Labute approximate surface area is 227 Å². The number of hydrogen-bond donors (Lipinski definition) is 1. The van der Waals surface area contributed by atoms with E-state index in [9.17, 15) is 9.59 Å². The third kappa shape index (κ3) is 5.68. The molecule has 0 bridgehead atoms. The van der Waals surface area contributed by atoms with Crippen LogP contribution in [0.5, 0.6) is 11.5 Å². The monoisotopic (exact) mass is 528 g/mol. The van der Waals surface area contributed by atoms with Crippen LogP contribution in [0.15, 0.2) is 65.5 Å². The van der Waals surface area contributed by atoms with Gasteiger partial charge >= 0.3 is 0 Å². The average Bonchev–Trinajstić information content (AvgIpc) is 3.52. The van der Waals surface area contributed by atoms with Crippen LogP contribution in [0.25, 0.3) is 21.6 Å². The minimum absolute atomic E-state index is 0.0801. The molecule has 4 aromatic rings. The fourth-order valence-corrected chi connectivity index (χ4v) is 5.75. The molecule has 1 aromatic heterocycles. The minimum atomic E-state index is -0.0801. The van der Waals surface area contributed by atoms with E-state index in [1.807, 2.05) is 29.2 Å². The van der Waals surface area contributed by atoms with Crippen molar-refractivity contribution in [3.63, 3.8) is 0 Å². The first-order valence-electron chi connectivity index (χ1n) is 12.9. The first kappa shape index (κ1) is 25.8. The summed E-state index contributed by atoms with van der Waals surface area (Å²) in [5, 5.41) is 0. The van der Waals surface area contributed by atoms with E-state index < -0.39 is 0 Å². The topological polar surface area (TPSA) is 71.6 Å². The van der Waals surface area contributed by atoms with Crippen LogP contribution in [0.4, 0.5) is 0 Å². The van der Waals surface area contributed by atoms with Gasteiger partial charge in [-0.3, -0.25) is 14.0 Å². The summed E-state index contributed by atoms with van der Waals surface area (Å²) in [6.07, 6.45) is 1.60. The fourth-order valence-electron chi connectivity index (χ4n) is 5.06. The highest BCUT2D eigenvalue weighted by atomic mass is 32.1. The Morgan fingerprint density at radius 1 is 0.921 bits per heavy atom. The number of carbonyl (C=O) groups excluding carboxylic acids is 1. The van der Waals surface area contributed by atoms with E-state index in [-0.39, 0.29) is 11.5 Å². The Kier molecular flexibility index (Phi) is 7.65. The van der Waals surface area contributed by atoms with Crippen LogP contribution in [0.2, 0.25) is 0 Å². The molecule has 1 fully saturated rings. The number of amides is 1. The lowest BCUT2D eigenvalue weighted by molar-refractivity contribution is -0.128. The second kappa shape index (κ2) is 11.3. The Balaban J connectivity index is 1.27. The Bertz CT molecular complexity index is 1480. The summed E-state index contributed by atoms with van der Waals surface area (Å²) in [5.41, 5.74) is 7.93. The van der Waals surface area contributed by atoms with Crippen molar-refractivity contribution in [3.05, 3.63) is 93.3 Å². The zero-order valence-corrected chi connectivity index (χ0v) is 22.8. The van der Waals surface area contributed by atoms with Gasteiger partial charge in [0.25, 0.3) is 5.56 Å². The van der Waals surface area contributed by atoms with Gasteiger partial charge in [-0.2, -0.15) is 0 Å². The summed E-state index contributed by atoms with van der Waals surface area (Å²) in [4.78, 5) is 26.0. The lowest BCUT2D eigenvalue weighted by Gasteiger charge is -2.19. The fraction of sp³-hybridized carbons (Fsp3) is 0.290. The molecule has 0 unspecified atom stereocenters. The molecule has 0 atom stereocenters. The molecular formula is C31H32N2O4S. The van der Waals surface area contributed by atoms with Gasteiger partial charge in [0.15, 0.2) is 0 Å². The van der Waals surface area contributed by atoms with Gasteiger partial charge in [-0.1, -0.05) is 29.7 Å². The molecule has 6 nitrogen and oxygen atoms in total. The maximum absolute atomic E-state index is 11.8. The van der Waals surface area contributed by atoms with Crippen molar-refractivity contribution in [2.24, 2.45) is 0 Å². The number of likely N-dealkylation sites (tertiary alicyclic amines) is 1. The number of rotatable bonds is 9. The molecule has 0 radical (unpaired) electrons. The van der Waals surface area contributed by atoms with Crippen molar-refractivity contribution < 1.29 is 14.3 Å². The Morgan fingerprint density at radius 2 is 1.68 bits per heavy atom. The van der Waals surface area contributed by atoms with Crippen LogP contribution in [0, 0.1) is 20.8 Å². The van der Waals surface area contributed by atoms with Crippen molar-refractivity contribution in [1.82, 2.24) is 9.27 Å². The lowest BCUT2D eigenvalue weighted by atomic mass is 9.90. The van der Waals surface area contributed by atoms with Crippen LogP contribution in [-0.4, -0.2) is 34.9 Å². The zero-order valence-electron chi connectivity index (χ0n) is 22.0. The summed E-state index contributed by atoms with van der Waals surface area (Å²) >= 11 is 1.33. The molecule has 7 heteroatoms. The van der Waals surface area contributed by atoms with Gasteiger partial charge in [0.1, 0.15) is 24.7 Å². The van der Waals surface area contributed by atoms with Gasteiger partial charge in [-0.15, -0.1) is 0 Å². The molecule has 1 amide bonds. The standard InChI is InChI=1S/C31H32N2O4S/c1-20-16-26(36-15-14-33-13-5-8-30(33)35)17-21(2)31(20)27-7-4-6-24(22(27)3)19-37-25-11-9-23(10-12-25)28-18-29(34)32-38-28/h4,6-7,9-12,16-18H,5,8,13-15,19H2,1-3H3,(H,32,34). The number of carbonyl (C=O) groups is 1. The number of nitrogens with zero attached hydrogens (tertiary/aromatic N) is 1. The summed E-state index contributed by atoms with van der Waals surface area (Å²) in [6.45, 7) is 8.81. The van der Waals surface area contributed by atoms with Crippen molar-refractivity contribution in [2.75, 3.05) is 19.7 Å². The molecular weight excluding hydrogens is 496 g/mol. The second-order valence-electron chi connectivity index (χ2n) is 9.74. The summed E-state index contributed by atoms with van der Waals surface area (Å²) in [7, 11) is 0. The molecule has 1 saturated heterocycles. The van der Waals surface area contributed by atoms with Gasteiger partial charge in [0, 0.05) is 19.0 Å². The maximum Gasteiger partial charge on any atom is 0.258 e. The minimum Gasteiger partial charge on any atom is -0.492 e. The SMILES string of the molecule is Cc1cc(OCCN2CCCC2=O)cc(C)c1-c1cccc(COc2ccc(-c3cc(=O)[nH]s3)cc2)c1C. The van der Waals surface area contributed by atoms with E-state index in [1.165, 1.54) is 28.2 Å². The second-order valence-corrected chi connectivity index (χ2v) is 10.6. The third-order valence-electron chi connectivity index (χ3n) is 7.08. The van der Waals surface area contributed by atoms with Gasteiger partial charge in [0.05, 0.1) is 11.4 Å². The number of aromatic amines is 1. The summed E-state index contributed by atoms with van der Waals surface area (Å²) in [5.74, 6) is 1.84.